The molecule has 0 aliphatic carbocycles. The van der Waals surface area contributed by atoms with E-state index in [0.717, 1.165) is 26.8 Å². The monoisotopic (exact) mass is 420 g/mol. The molecule has 0 N–H and O–H groups in total. The molecule has 0 fully saturated rings. The third-order valence-corrected chi connectivity index (χ3v) is 4.91. The van der Waals surface area contributed by atoms with Crippen LogP contribution in [-0.2, 0) is 6.42 Å². The van der Waals surface area contributed by atoms with Gasteiger partial charge in [0.25, 0.3) is 0 Å². The first-order valence-corrected chi connectivity index (χ1v) is 8.52. The zero-order valence-electron chi connectivity index (χ0n) is 10.0. The van der Waals surface area contributed by atoms with E-state index in [2.05, 4.69) is 56.1 Å². The molecule has 0 nitrogen and oxygen atoms in total. The third kappa shape index (κ3) is 4.22. The van der Waals surface area contributed by atoms with Crippen LogP contribution in [0.1, 0.15) is 17.0 Å². The molecular weight excluding hydrogens is 411 g/mol. The van der Waals surface area contributed by atoms with Gasteiger partial charge in [0.1, 0.15) is 0 Å². The van der Waals surface area contributed by atoms with Crippen LogP contribution in [0.15, 0.2) is 46.9 Å². The van der Waals surface area contributed by atoms with Gasteiger partial charge in [0.05, 0.1) is 0 Å². The van der Waals surface area contributed by atoms with Gasteiger partial charge in [-0.05, 0) is 47.7 Å². The number of benzene rings is 2. The average molecular weight is 423 g/mol. The molecule has 1 unspecified atom stereocenters. The van der Waals surface area contributed by atoms with E-state index in [1.807, 2.05) is 12.1 Å². The van der Waals surface area contributed by atoms with Gasteiger partial charge in [0.15, 0.2) is 0 Å². The maximum absolute atomic E-state index is 6.24. The first-order chi connectivity index (χ1) is 9.10. The molecule has 0 spiro atoms. The molecule has 0 radical (unpaired) electrons. The zero-order chi connectivity index (χ0) is 13.8. The predicted molar refractivity (Wildman–Crippen MR) is 90.8 cm³/mol. The van der Waals surface area contributed by atoms with Crippen LogP contribution in [-0.4, -0.2) is 5.33 Å². The van der Waals surface area contributed by atoms with Gasteiger partial charge in [-0.3, -0.25) is 0 Å². The van der Waals surface area contributed by atoms with Crippen LogP contribution >= 0.6 is 55.1 Å². The van der Waals surface area contributed by atoms with E-state index < -0.39 is 0 Å². The minimum absolute atomic E-state index is 0.395. The Morgan fingerprint density at radius 2 is 1.68 bits per heavy atom. The van der Waals surface area contributed by atoms with E-state index in [1.165, 1.54) is 5.56 Å². The number of hydrogen-bond acceptors (Lipinski definition) is 0. The van der Waals surface area contributed by atoms with Crippen molar-refractivity contribution in [3.8, 4) is 0 Å². The Morgan fingerprint density at radius 1 is 1.00 bits per heavy atom. The van der Waals surface area contributed by atoms with Gasteiger partial charge in [-0.15, -0.1) is 0 Å². The molecule has 0 saturated heterocycles. The van der Waals surface area contributed by atoms with Crippen LogP contribution in [0.5, 0.6) is 0 Å². The Bertz CT molecular complexity index is 553. The number of hydrogen-bond donors (Lipinski definition) is 0. The van der Waals surface area contributed by atoms with Gasteiger partial charge in [-0.25, -0.2) is 0 Å². The van der Waals surface area contributed by atoms with Gasteiger partial charge in [-0.2, -0.15) is 0 Å². The molecule has 2 rings (SSSR count). The van der Waals surface area contributed by atoms with Crippen molar-refractivity contribution in [2.24, 2.45) is 0 Å². The van der Waals surface area contributed by atoms with Crippen molar-refractivity contribution in [1.82, 2.24) is 0 Å². The van der Waals surface area contributed by atoms with Crippen molar-refractivity contribution in [1.29, 1.82) is 0 Å². The summed E-state index contributed by atoms with van der Waals surface area (Å²) in [6, 6.07) is 14.1. The lowest BCUT2D eigenvalue weighted by Crippen LogP contribution is -2.04. The zero-order valence-corrected chi connectivity index (χ0v) is 14.7. The van der Waals surface area contributed by atoms with Gasteiger partial charge in [0.2, 0.25) is 0 Å². The second kappa shape index (κ2) is 7.12. The van der Waals surface area contributed by atoms with E-state index >= 15 is 0 Å². The SMILES string of the molecule is Clc1ccc(CC(CBr)c2ccc(Br)cc2)c(Cl)c1. The van der Waals surface area contributed by atoms with Crippen LogP contribution in [0, 0.1) is 0 Å². The molecule has 0 heterocycles. The first-order valence-electron chi connectivity index (χ1n) is 5.85. The molecule has 1 atom stereocenters. The largest absolute Gasteiger partial charge is 0.0921 e. The molecule has 0 saturated carbocycles. The Hall–Kier alpha value is -0.0200. The summed E-state index contributed by atoms with van der Waals surface area (Å²) >= 11 is 19.2. The van der Waals surface area contributed by atoms with Crippen molar-refractivity contribution >= 4 is 55.1 Å². The maximum Gasteiger partial charge on any atom is 0.0453 e. The van der Waals surface area contributed by atoms with E-state index in [9.17, 15) is 0 Å². The summed E-state index contributed by atoms with van der Waals surface area (Å²) in [4.78, 5) is 0. The quantitative estimate of drug-likeness (QED) is 0.495. The van der Waals surface area contributed by atoms with E-state index in [0.29, 0.717) is 10.9 Å². The van der Waals surface area contributed by atoms with Crippen LogP contribution in [0.3, 0.4) is 0 Å². The lowest BCUT2D eigenvalue weighted by atomic mass is 9.94. The Labute approximate surface area is 140 Å². The minimum atomic E-state index is 0.395. The van der Waals surface area contributed by atoms with Gasteiger partial charge in [-0.1, -0.05) is 73.3 Å². The standard InChI is InChI=1S/C15H12Br2Cl2/c16-9-12(10-1-4-13(17)5-2-10)7-11-3-6-14(18)8-15(11)19/h1-6,8,12H,7,9H2. The van der Waals surface area contributed by atoms with Gasteiger partial charge < -0.3 is 0 Å². The average Bonchev–Trinajstić information content (AvgIpc) is 2.39. The normalized spacial score (nSPS) is 12.4. The highest BCUT2D eigenvalue weighted by atomic mass is 79.9. The van der Waals surface area contributed by atoms with Crippen molar-refractivity contribution in [2.45, 2.75) is 12.3 Å². The smallest absolute Gasteiger partial charge is 0.0453 e. The molecule has 4 heteroatoms. The number of alkyl halides is 1. The molecule has 0 aliphatic rings. The summed E-state index contributed by atoms with van der Waals surface area (Å²) in [6.07, 6.45) is 0.892. The summed E-state index contributed by atoms with van der Waals surface area (Å²) in [5, 5.41) is 2.30. The van der Waals surface area contributed by atoms with E-state index in [4.69, 9.17) is 23.2 Å². The van der Waals surface area contributed by atoms with Crippen molar-refractivity contribution in [2.75, 3.05) is 5.33 Å². The topological polar surface area (TPSA) is 0 Å². The highest BCUT2D eigenvalue weighted by Crippen LogP contribution is 2.29. The number of rotatable bonds is 4. The molecule has 0 bridgehead atoms. The van der Waals surface area contributed by atoms with Crippen LogP contribution in [0.25, 0.3) is 0 Å². The molecule has 0 aromatic heterocycles. The third-order valence-electron chi connectivity index (χ3n) is 3.01. The van der Waals surface area contributed by atoms with E-state index in [-0.39, 0.29) is 0 Å². The fourth-order valence-electron chi connectivity index (χ4n) is 1.95. The minimum Gasteiger partial charge on any atom is -0.0921 e. The van der Waals surface area contributed by atoms with E-state index in [1.54, 1.807) is 6.07 Å². The fourth-order valence-corrected chi connectivity index (χ4v) is 3.30. The first kappa shape index (κ1) is 15.4. The molecule has 100 valence electrons. The Morgan fingerprint density at radius 3 is 2.26 bits per heavy atom. The lowest BCUT2D eigenvalue weighted by molar-refractivity contribution is 0.775. The molecule has 2 aromatic rings. The highest BCUT2D eigenvalue weighted by molar-refractivity contribution is 9.10. The second-order valence-corrected chi connectivity index (χ2v) is 6.75. The van der Waals surface area contributed by atoms with Crippen molar-refractivity contribution in [3.05, 3.63) is 68.1 Å². The second-order valence-electron chi connectivity index (χ2n) is 4.34. The molecule has 2 aromatic carbocycles. The molecule has 0 amide bonds. The highest BCUT2D eigenvalue weighted by Gasteiger charge is 2.13. The summed E-state index contributed by atoms with van der Waals surface area (Å²) in [6.45, 7) is 0. The fraction of sp³-hybridized carbons (Fsp3) is 0.200. The predicted octanol–water partition coefficient (Wildman–Crippen LogP) is 6.48. The molecule has 19 heavy (non-hydrogen) atoms. The Kier molecular flexibility index (Phi) is 5.76. The maximum atomic E-state index is 6.24. The Balaban J connectivity index is 2.21. The summed E-state index contributed by atoms with van der Waals surface area (Å²) in [5.41, 5.74) is 2.42. The molecular formula is C15H12Br2Cl2. The van der Waals surface area contributed by atoms with Crippen LogP contribution in [0.2, 0.25) is 10.0 Å². The van der Waals surface area contributed by atoms with Crippen molar-refractivity contribution in [3.63, 3.8) is 0 Å². The number of halogens is 4. The van der Waals surface area contributed by atoms with Gasteiger partial charge >= 0.3 is 0 Å². The summed E-state index contributed by atoms with van der Waals surface area (Å²) in [5.74, 6) is 0.395. The summed E-state index contributed by atoms with van der Waals surface area (Å²) in [7, 11) is 0. The van der Waals surface area contributed by atoms with Crippen LogP contribution < -0.4 is 0 Å². The van der Waals surface area contributed by atoms with Crippen LogP contribution in [0.4, 0.5) is 0 Å². The van der Waals surface area contributed by atoms with Gasteiger partial charge in [0, 0.05) is 19.8 Å². The summed E-state index contributed by atoms with van der Waals surface area (Å²) < 4.78 is 1.09. The van der Waals surface area contributed by atoms with Crippen molar-refractivity contribution < 1.29 is 0 Å². The molecule has 0 aliphatic heterocycles. The lowest BCUT2D eigenvalue weighted by Gasteiger charge is -2.16.